The standard InChI is InChI=1S/C22H22ClFN2O2S/c1-3-15(2)26(22(27)19-9-4-5-10-20(19)24)12-17-14-29-21(25-17)13-28-18-8-6-7-16(23)11-18/h4-11,14-15H,3,12-13H2,1-2H3. The molecule has 152 valence electrons. The van der Waals surface area contributed by atoms with Crippen LogP contribution < -0.4 is 4.74 Å². The number of aromatic nitrogens is 1. The van der Waals surface area contributed by atoms with Crippen molar-refractivity contribution in [3.05, 3.63) is 81.0 Å². The Hall–Kier alpha value is -2.44. The van der Waals surface area contributed by atoms with Crippen LogP contribution in [0.4, 0.5) is 4.39 Å². The number of nitrogens with zero attached hydrogens (tertiary/aromatic N) is 2. The van der Waals surface area contributed by atoms with E-state index in [-0.39, 0.29) is 17.5 Å². The molecule has 0 bridgehead atoms. The van der Waals surface area contributed by atoms with Gasteiger partial charge in [-0.3, -0.25) is 4.79 Å². The van der Waals surface area contributed by atoms with Gasteiger partial charge in [-0.1, -0.05) is 36.7 Å². The van der Waals surface area contributed by atoms with Gasteiger partial charge in [0.15, 0.2) is 0 Å². The first-order valence-corrected chi connectivity index (χ1v) is 10.6. The molecule has 0 aliphatic heterocycles. The molecule has 0 radical (unpaired) electrons. The number of benzene rings is 2. The van der Waals surface area contributed by atoms with Crippen molar-refractivity contribution in [1.82, 2.24) is 9.88 Å². The van der Waals surface area contributed by atoms with Crippen molar-refractivity contribution in [1.29, 1.82) is 0 Å². The topological polar surface area (TPSA) is 42.4 Å². The SMILES string of the molecule is CCC(C)N(Cc1csc(COc2cccc(Cl)c2)n1)C(=O)c1ccccc1F. The van der Waals surface area contributed by atoms with Gasteiger partial charge in [0, 0.05) is 16.4 Å². The van der Waals surface area contributed by atoms with Crippen LogP contribution in [0.5, 0.6) is 5.75 Å². The van der Waals surface area contributed by atoms with E-state index < -0.39 is 5.82 Å². The van der Waals surface area contributed by atoms with E-state index >= 15 is 0 Å². The molecule has 1 aromatic heterocycles. The van der Waals surface area contributed by atoms with E-state index in [2.05, 4.69) is 4.98 Å². The predicted molar refractivity (Wildman–Crippen MR) is 114 cm³/mol. The molecule has 4 nitrogen and oxygen atoms in total. The highest BCUT2D eigenvalue weighted by Gasteiger charge is 2.24. The van der Waals surface area contributed by atoms with Crippen LogP contribution >= 0.6 is 22.9 Å². The normalized spacial score (nSPS) is 11.9. The van der Waals surface area contributed by atoms with Gasteiger partial charge < -0.3 is 9.64 Å². The summed E-state index contributed by atoms with van der Waals surface area (Å²) in [6.45, 7) is 4.58. The van der Waals surface area contributed by atoms with Gasteiger partial charge >= 0.3 is 0 Å². The average Bonchev–Trinajstić information content (AvgIpc) is 3.17. The molecule has 7 heteroatoms. The lowest BCUT2D eigenvalue weighted by Gasteiger charge is -2.28. The van der Waals surface area contributed by atoms with Gasteiger partial charge in [0.25, 0.3) is 5.91 Å². The summed E-state index contributed by atoms with van der Waals surface area (Å²) in [4.78, 5) is 19.2. The fourth-order valence-corrected chi connectivity index (χ4v) is 3.68. The van der Waals surface area contributed by atoms with Crippen LogP contribution in [0.25, 0.3) is 0 Å². The number of amides is 1. The van der Waals surface area contributed by atoms with Crippen molar-refractivity contribution in [2.24, 2.45) is 0 Å². The highest BCUT2D eigenvalue weighted by Crippen LogP contribution is 2.21. The molecule has 0 saturated heterocycles. The Morgan fingerprint density at radius 1 is 1.28 bits per heavy atom. The number of hydrogen-bond donors (Lipinski definition) is 0. The van der Waals surface area contributed by atoms with Gasteiger partial charge in [-0.15, -0.1) is 11.3 Å². The van der Waals surface area contributed by atoms with E-state index in [9.17, 15) is 9.18 Å². The molecular weight excluding hydrogens is 411 g/mol. The van der Waals surface area contributed by atoms with Crippen molar-refractivity contribution in [2.45, 2.75) is 39.5 Å². The number of thiazole rings is 1. The van der Waals surface area contributed by atoms with Crippen LogP contribution in [0.15, 0.2) is 53.9 Å². The van der Waals surface area contributed by atoms with Crippen molar-refractivity contribution >= 4 is 28.8 Å². The molecule has 3 aromatic rings. The summed E-state index contributed by atoms with van der Waals surface area (Å²) in [6, 6.07) is 13.2. The molecule has 29 heavy (non-hydrogen) atoms. The maximum atomic E-state index is 14.1. The lowest BCUT2D eigenvalue weighted by atomic mass is 10.1. The third-order valence-electron chi connectivity index (χ3n) is 4.58. The molecule has 0 aliphatic rings. The summed E-state index contributed by atoms with van der Waals surface area (Å²) in [5.41, 5.74) is 0.831. The Morgan fingerprint density at radius 2 is 2.07 bits per heavy atom. The lowest BCUT2D eigenvalue weighted by molar-refractivity contribution is 0.0664. The predicted octanol–water partition coefficient (Wildman–Crippen LogP) is 5.96. The van der Waals surface area contributed by atoms with Crippen molar-refractivity contribution in [2.75, 3.05) is 0 Å². The Morgan fingerprint density at radius 3 is 2.79 bits per heavy atom. The number of halogens is 2. The zero-order chi connectivity index (χ0) is 20.8. The van der Waals surface area contributed by atoms with E-state index in [1.807, 2.05) is 31.4 Å². The molecule has 1 unspecified atom stereocenters. The summed E-state index contributed by atoms with van der Waals surface area (Å²) in [5, 5.41) is 3.31. The zero-order valence-corrected chi connectivity index (χ0v) is 17.8. The number of carbonyl (C=O) groups excluding carboxylic acids is 1. The molecule has 1 amide bonds. The first kappa shape index (κ1) is 21.3. The molecule has 0 saturated carbocycles. The minimum absolute atomic E-state index is 0.0463. The fourth-order valence-electron chi connectivity index (χ4n) is 2.80. The minimum Gasteiger partial charge on any atom is -0.486 e. The molecule has 0 aliphatic carbocycles. The fraction of sp³-hybridized carbons (Fsp3) is 0.273. The van der Waals surface area contributed by atoms with E-state index in [4.69, 9.17) is 16.3 Å². The maximum absolute atomic E-state index is 14.1. The van der Waals surface area contributed by atoms with Crippen LogP contribution in [0.2, 0.25) is 5.02 Å². The van der Waals surface area contributed by atoms with Crippen molar-refractivity contribution < 1.29 is 13.9 Å². The van der Waals surface area contributed by atoms with Crippen LogP contribution in [-0.2, 0) is 13.2 Å². The molecule has 1 atom stereocenters. The Bertz CT molecular complexity index is 979. The van der Waals surface area contributed by atoms with Crippen LogP contribution in [-0.4, -0.2) is 21.8 Å². The summed E-state index contributed by atoms with van der Waals surface area (Å²) in [6.07, 6.45) is 0.759. The molecule has 2 aromatic carbocycles. The third-order valence-corrected chi connectivity index (χ3v) is 5.68. The van der Waals surface area contributed by atoms with Gasteiger partial charge in [-0.2, -0.15) is 0 Å². The average molecular weight is 433 g/mol. The summed E-state index contributed by atoms with van der Waals surface area (Å²) in [5.74, 6) is -0.174. The van der Waals surface area contributed by atoms with Gasteiger partial charge in [-0.25, -0.2) is 9.37 Å². The highest BCUT2D eigenvalue weighted by atomic mass is 35.5. The first-order chi connectivity index (χ1) is 14.0. The van der Waals surface area contributed by atoms with Gasteiger partial charge in [0.1, 0.15) is 23.2 Å². The summed E-state index contributed by atoms with van der Waals surface area (Å²) in [7, 11) is 0. The summed E-state index contributed by atoms with van der Waals surface area (Å²) < 4.78 is 19.8. The largest absolute Gasteiger partial charge is 0.486 e. The van der Waals surface area contributed by atoms with Gasteiger partial charge in [0.2, 0.25) is 0 Å². The highest BCUT2D eigenvalue weighted by molar-refractivity contribution is 7.09. The molecule has 0 spiro atoms. The van der Waals surface area contributed by atoms with Gasteiger partial charge in [-0.05, 0) is 43.7 Å². The number of hydrogen-bond acceptors (Lipinski definition) is 4. The Labute approximate surface area is 178 Å². The molecule has 0 fully saturated rings. The summed E-state index contributed by atoms with van der Waals surface area (Å²) >= 11 is 7.43. The monoisotopic (exact) mass is 432 g/mol. The molecule has 3 rings (SSSR count). The maximum Gasteiger partial charge on any atom is 0.257 e. The lowest BCUT2D eigenvalue weighted by Crippen LogP contribution is -2.38. The number of ether oxygens (including phenoxy) is 1. The molecule has 1 heterocycles. The van der Waals surface area contributed by atoms with E-state index in [0.717, 1.165) is 17.1 Å². The van der Waals surface area contributed by atoms with Crippen molar-refractivity contribution in [3.8, 4) is 5.75 Å². The first-order valence-electron chi connectivity index (χ1n) is 9.35. The smallest absolute Gasteiger partial charge is 0.257 e. The third kappa shape index (κ3) is 5.55. The minimum atomic E-state index is -0.514. The number of carbonyl (C=O) groups is 1. The second-order valence-electron chi connectivity index (χ2n) is 6.65. The Kier molecular flexibility index (Phi) is 7.23. The zero-order valence-electron chi connectivity index (χ0n) is 16.3. The van der Waals surface area contributed by atoms with Crippen LogP contribution in [0, 0.1) is 5.82 Å². The second kappa shape index (κ2) is 9.85. The van der Waals surface area contributed by atoms with Crippen molar-refractivity contribution in [3.63, 3.8) is 0 Å². The second-order valence-corrected chi connectivity index (χ2v) is 8.03. The van der Waals surface area contributed by atoms with E-state index in [1.54, 1.807) is 29.2 Å². The molecule has 0 N–H and O–H groups in total. The van der Waals surface area contributed by atoms with Crippen LogP contribution in [0.1, 0.15) is 41.3 Å². The molecular formula is C22H22ClFN2O2S. The Balaban J connectivity index is 1.70. The van der Waals surface area contributed by atoms with E-state index in [1.165, 1.54) is 23.5 Å². The van der Waals surface area contributed by atoms with E-state index in [0.29, 0.717) is 23.9 Å². The van der Waals surface area contributed by atoms with Crippen LogP contribution in [0.3, 0.4) is 0 Å². The number of rotatable bonds is 8. The quantitative estimate of drug-likeness (QED) is 0.441. The van der Waals surface area contributed by atoms with Gasteiger partial charge in [0.05, 0.1) is 17.8 Å².